The summed E-state index contributed by atoms with van der Waals surface area (Å²) in [6, 6.07) is 7.05. The molecule has 0 heterocycles. The zero-order valence-corrected chi connectivity index (χ0v) is 11.6. The van der Waals surface area contributed by atoms with Gasteiger partial charge in [0, 0.05) is 6.42 Å². The van der Waals surface area contributed by atoms with Gasteiger partial charge >= 0.3 is 6.09 Å². The molecular formula is C15H19NO4. The molecule has 1 aromatic carbocycles. The highest BCUT2D eigenvalue weighted by atomic mass is 16.5. The molecule has 1 aliphatic carbocycles. The number of rotatable bonds is 6. The van der Waals surface area contributed by atoms with Crippen LogP contribution in [0.5, 0.6) is 5.75 Å². The highest BCUT2D eigenvalue weighted by Gasteiger charge is 2.29. The van der Waals surface area contributed by atoms with Gasteiger partial charge in [0.25, 0.3) is 0 Å². The molecular weight excluding hydrogens is 258 g/mol. The Labute approximate surface area is 118 Å². The van der Waals surface area contributed by atoms with Gasteiger partial charge in [-0.1, -0.05) is 19.1 Å². The molecule has 1 saturated carbocycles. The number of hydrogen-bond acceptors (Lipinski definition) is 4. The number of hydrogen-bond donors (Lipinski definition) is 1. The predicted octanol–water partition coefficient (Wildman–Crippen LogP) is 2.43. The van der Waals surface area contributed by atoms with Gasteiger partial charge in [0.15, 0.2) is 5.78 Å². The molecule has 0 spiro atoms. The highest BCUT2D eigenvalue weighted by molar-refractivity contribution is 5.92. The number of ether oxygens (including phenoxy) is 2. The molecule has 1 atom stereocenters. The fourth-order valence-electron chi connectivity index (χ4n) is 1.79. The lowest BCUT2D eigenvalue weighted by atomic mass is 9.91. The molecule has 1 amide bonds. The van der Waals surface area contributed by atoms with E-state index < -0.39 is 6.09 Å². The number of carbonyl (C=O) groups is 2. The first kappa shape index (κ1) is 14.4. The third-order valence-corrected chi connectivity index (χ3v) is 3.13. The summed E-state index contributed by atoms with van der Waals surface area (Å²) in [4.78, 5) is 22.5. The Morgan fingerprint density at radius 3 is 2.65 bits per heavy atom. The van der Waals surface area contributed by atoms with E-state index in [0.29, 0.717) is 19.4 Å². The van der Waals surface area contributed by atoms with E-state index >= 15 is 0 Å². The first-order valence-electron chi connectivity index (χ1n) is 6.87. The van der Waals surface area contributed by atoms with Crippen molar-refractivity contribution in [2.24, 2.45) is 0 Å². The highest BCUT2D eigenvalue weighted by Crippen LogP contribution is 2.15. The summed E-state index contributed by atoms with van der Waals surface area (Å²) in [5.41, 5.74) is 0.879. The molecule has 1 aromatic rings. The smallest absolute Gasteiger partial charge is 0.408 e. The van der Waals surface area contributed by atoms with Crippen molar-refractivity contribution in [2.75, 3.05) is 6.61 Å². The van der Waals surface area contributed by atoms with Gasteiger partial charge in [-0.25, -0.2) is 4.79 Å². The molecule has 2 rings (SSSR count). The number of nitrogens with one attached hydrogen (secondary N) is 1. The van der Waals surface area contributed by atoms with Gasteiger partial charge in [0.1, 0.15) is 12.4 Å². The Bertz CT molecular complexity index is 469. The lowest BCUT2D eigenvalue weighted by Gasteiger charge is -2.24. The number of benzene rings is 1. The van der Waals surface area contributed by atoms with Crippen LogP contribution in [0, 0.1) is 0 Å². The molecule has 0 aliphatic heterocycles. The average molecular weight is 277 g/mol. The van der Waals surface area contributed by atoms with Crippen LogP contribution in [0.3, 0.4) is 0 Å². The van der Waals surface area contributed by atoms with Crippen molar-refractivity contribution in [2.45, 2.75) is 38.8 Å². The number of carbonyl (C=O) groups excluding carboxylic acids is 2. The van der Waals surface area contributed by atoms with E-state index in [1.54, 1.807) is 0 Å². The Morgan fingerprint density at radius 1 is 1.35 bits per heavy atom. The molecule has 5 heteroatoms. The summed E-state index contributed by atoms with van der Waals surface area (Å²) < 4.78 is 10.5. The molecule has 1 fully saturated rings. The second-order valence-electron chi connectivity index (χ2n) is 4.77. The summed E-state index contributed by atoms with van der Waals surface area (Å²) in [6.45, 7) is 2.92. The van der Waals surface area contributed by atoms with Crippen LogP contribution in [-0.2, 0) is 16.1 Å². The zero-order valence-electron chi connectivity index (χ0n) is 11.6. The third kappa shape index (κ3) is 3.98. The lowest BCUT2D eigenvalue weighted by molar-refractivity contribution is -0.126. The third-order valence-electron chi connectivity index (χ3n) is 3.13. The van der Waals surface area contributed by atoms with Gasteiger partial charge in [-0.15, -0.1) is 0 Å². The van der Waals surface area contributed by atoms with Crippen molar-refractivity contribution in [3.63, 3.8) is 0 Å². The van der Waals surface area contributed by atoms with E-state index in [4.69, 9.17) is 9.47 Å². The van der Waals surface area contributed by atoms with Crippen LogP contribution in [0.1, 0.15) is 31.7 Å². The predicted molar refractivity (Wildman–Crippen MR) is 73.6 cm³/mol. The van der Waals surface area contributed by atoms with Crippen LogP contribution < -0.4 is 10.1 Å². The van der Waals surface area contributed by atoms with Crippen LogP contribution >= 0.6 is 0 Å². The SMILES string of the molecule is CCCOc1ccc(COC(=O)N[C@H]2CCC2=O)cc1. The minimum atomic E-state index is -0.547. The minimum Gasteiger partial charge on any atom is -0.494 e. The monoisotopic (exact) mass is 277 g/mol. The number of alkyl carbamates (subject to hydrolysis) is 1. The maximum atomic E-state index is 11.5. The van der Waals surface area contributed by atoms with E-state index in [2.05, 4.69) is 5.32 Å². The Morgan fingerprint density at radius 2 is 2.10 bits per heavy atom. The summed E-state index contributed by atoms with van der Waals surface area (Å²) in [6.07, 6.45) is 1.67. The van der Waals surface area contributed by atoms with Crippen LogP contribution in [0.4, 0.5) is 4.79 Å². The normalized spacial score (nSPS) is 17.2. The van der Waals surface area contributed by atoms with Crippen LogP contribution in [-0.4, -0.2) is 24.5 Å². The summed E-state index contributed by atoms with van der Waals surface area (Å²) >= 11 is 0. The zero-order chi connectivity index (χ0) is 14.4. The van der Waals surface area contributed by atoms with E-state index in [1.165, 1.54) is 0 Å². The molecule has 20 heavy (non-hydrogen) atoms. The first-order chi connectivity index (χ1) is 9.69. The topological polar surface area (TPSA) is 64.6 Å². The van der Waals surface area contributed by atoms with E-state index in [9.17, 15) is 9.59 Å². The maximum absolute atomic E-state index is 11.5. The second kappa shape index (κ2) is 6.93. The lowest BCUT2D eigenvalue weighted by Crippen LogP contribution is -2.47. The largest absolute Gasteiger partial charge is 0.494 e. The standard InChI is InChI=1S/C15H19NO4/c1-2-9-19-12-5-3-11(4-6-12)10-20-15(18)16-13-7-8-14(13)17/h3-6,13H,2,7-10H2,1H3,(H,16,18)/t13-/m0/s1. The van der Waals surface area contributed by atoms with Crippen LogP contribution in [0.2, 0.25) is 0 Å². The van der Waals surface area contributed by atoms with E-state index in [-0.39, 0.29) is 18.4 Å². The van der Waals surface area contributed by atoms with Crippen molar-refractivity contribution in [1.29, 1.82) is 0 Å². The first-order valence-corrected chi connectivity index (χ1v) is 6.87. The number of Topliss-reactive ketones (excluding diaryl/α,β-unsaturated/α-hetero) is 1. The molecule has 5 nitrogen and oxygen atoms in total. The fraction of sp³-hybridized carbons (Fsp3) is 0.467. The average Bonchev–Trinajstić information content (AvgIpc) is 2.48. The molecule has 1 aliphatic rings. The molecule has 108 valence electrons. The second-order valence-corrected chi connectivity index (χ2v) is 4.77. The fourth-order valence-corrected chi connectivity index (χ4v) is 1.79. The number of amides is 1. The van der Waals surface area contributed by atoms with Crippen molar-refractivity contribution >= 4 is 11.9 Å². The quantitative estimate of drug-likeness (QED) is 0.867. The van der Waals surface area contributed by atoms with Gasteiger partial charge in [0.2, 0.25) is 0 Å². The number of ketones is 1. The van der Waals surface area contributed by atoms with E-state index in [0.717, 1.165) is 17.7 Å². The summed E-state index contributed by atoms with van der Waals surface area (Å²) in [5, 5.41) is 2.54. The van der Waals surface area contributed by atoms with Gasteiger partial charge in [-0.05, 0) is 30.5 Å². The van der Waals surface area contributed by atoms with Crippen LogP contribution in [0.15, 0.2) is 24.3 Å². The minimum absolute atomic E-state index is 0.0689. The van der Waals surface area contributed by atoms with Crippen molar-refractivity contribution in [3.05, 3.63) is 29.8 Å². The van der Waals surface area contributed by atoms with Gasteiger partial charge in [0.05, 0.1) is 12.6 Å². The molecule has 1 N–H and O–H groups in total. The summed E-state index contributed by atoms with van der Waals surface area (Å²) in [5.74, 6) is 0.875. The van der Waals surface area contributed by atoms with Crippen molar-refractivity contribution < 1.29 is 19.1 Å². The molecule has 0 bridgehead atoms. The Kier molecular flexibility index (Phi) is 4.98. The van der Waals surface area contributed by atoms with Gasteiger partial charge in [-0.2, -0.15) is 0 Å². The van der Waals surface area contributed by atoms with E-state index in [1.807, 2.05) is 31.2 Å². The maximum Gasteiger partial charge on any atom is 0.408 e. The van der Waals surface area contributed by atoms with Crippen LogP contribution in [0.25, 0.3) is 0 Å². The Balaban J connectivity index is 1.72. The van der Waals surface area contributed by atoms with Gasteiger partial charge < -0.3 is 14.8 Å². The Hall–Kier alpha value is -2.04. The molecule has 0 aromatic heterocycles. The molecule has 0 radical (unpaired) electrons. The van der Waals surface area contributed by atoms with Crippen molar-refractivity contribution in [3.8, 4) is 5.75 Å². The molecule has 0 unspecified atom stereocenters. The van der Waals surface area contributed by atoms with Crippen molar-refractivity contribution in [1.82, 2.24) is 5.32 Å². The molecule has 0 saturated heterocycles. The van der Waals surface area contributed by atoms with Gasteiger partial charge in [-0.3, -0.25) is 4.79 Å². The summed E-state index contributed by atoms with van der Waals surface area (Å²) in [7, 11) is 0.